The second-order valence-electron chi connectivity index (χ2n) is 4.32. The van der Waals surface area contributed by atoms with Gasteiger partial charge in [-0.1, -0.05) is 23.7 Å². The summed E-state index contributed by atoms with van der Waals surface area (Å²) in [6.07, 6.45) is 0.882. The molecule has 18 heavy (non-hydrogen) atoms. The highest BCUT2D eigenvalue weighted by Crippen LogP contribution is 2.14. The van der Waals surface area contributed by atoms with Crippen LogP contribution < -0.4 is 5.32 Å². The van der Waals surface area contributed by atoms with Gasteiger partial charge in [-0.15, -0.1) is 0 Å². The van der Waals surface area contributed by atoms with Gasteiger partial charge >= 0.3 is 0 Å². The third-order valence-corrected chi connectivity index (χ3v) is 2.95. The number of hydrogen-bond acceptors (Lipinski definition) is 1. The molecular weight excluding hydrogens is 249 g/mol. The lowest BCUT2D eigenvalue weighted by Crippen LogP contribution is -2.05. The van der Waals surface area contributed by atoms with Crippen LogP contribution in [-0.2, 0) is 6.42 Å². The van der Waals surface area contributed by atoms with E-state index in [0.29, 0.717) is 0 Å². The minimum absolute atomic E-state index is 0.205. The van der Waals surface area contributed by atoms with Crippen molar-refractivity contribution in [1.82, 2.24) is 0 Å². The number of aryl methyl sites for hydroxylation is 1. The molecule has 0 saturated heterocycles. The molecule has 0 aliphatic carbocycles. The molecule has 0 unspecified atom stereocenters. The average molecular weight is 264 g/mol. The van der Waals surface area contributed by atoms with Crippen molar-refractivity contribution in [3.8, 4) is 0 Å². The predicted molar refractivity (Wildman–Crippen MR) is 74.8 cm³/mol. The predicted octanol–water partition coefficient (Wildman–Crippen LogP) is 4.44. The van der Waals surface area contributed by atoms with Gasteiger partial charge in [-0.25, -0.2) is 4.39 Å². The Labute approximate surface area is 112 Å². The minimum Gasteiger partial charge on any atom is -0.385 e. The number of benzene rings is 2. The largest absolute Gasteiger partial charge is 0.385 e. The smallest absolute Gasteiger partial charge is 0.125 e. The van der Waals surface area contributed by atoms with E-state index in [1.807, 2.05) is 37.3 Å². The molecule has 2 rings (SSSR count). The zero-order valence-electron chi connectivity index (χ0n) is 10.2. The molecule has 0 amide bonds. The van der Waals surface area contributed by atoms with Crippen LogP contribution in [0.5, 0.6) is 0 Å². The van der Waals surface area contributed by atoms with Crippen LogP contribution in [0.1, 0.15) is 11.1 Å². The Balaban J connectivity index is 1.90. The molecule has 0 fully saturated rings. The Hall–Kier alpha value is -1.54. The molecule has 94 valence electrons. The molecule has 3 heteroatoms. The highest BCUT2D eigenvalue weighted by molar-refractivity contribution is 6.30. The van der Waals surface area contributed by atoms with Crippen molar-refractivity contribution in [2.75, 3.05) is 11.9 Å². The second-order valence-corrected chi connectivity index (χ2v) is 4.76. The van der Waals surface area contributed by atoms with Crippen molar-refractivity contribution in [2.24, 2.45) is 0 Å². The Morgan fingerprint density at radius 2 is 1.83 bits per heavy atom. The van der Waals surface area contributed by atoms with Crippen LogP contribution in [0.15, 0.2) is 42.5 Å². The number of anilines is 1. The molecule has 0 bridgehead atoms. The van der Waals surface area contributed by atoms with Gasteiger partial charge in [0.15, 0.2) is 0 Å². The molecule has 0 heterocycles. The molecule has 0 aliphatic heterocycles. The van der Waals surface area contributed by atoms with E-state index in [1.165, 1.54) is 17.7 Å². The molecule has 0 radical (unpaired) electrons. The third-order valence-electron chi connectivity index (χ3n) is 2.70. The Bertz CT molecular complexity index is 502. The lowest BCUT2D eigenvalue weighted by Gasteiger charge is -2.07. The maximum atomic E-state index is 13.2. The van der Waals surface area contributed by atoms with Crippen LogP contribution in [0, 0.1) is 12.7 Å². The van der Waals surface area contributed by atoms with E-state index in [-0.39, 0.29) is 5.82 Å². The van der Waals surface area contributed by atoms with Gasteiger partial charge in [0.2, 0.25) is 0 Å². The fourth-order valence-electron chi connectivity index (χ4n) is 1.84. The summed E-state index contributed by atoms with van der Waals surface area (Å²) < 4.78 is 13.2. The maximum Gasteiger partial charge on any atom is 0.125 e. The van der Waals surface area contributed by atoms with Crippen LogP contribution in [0.2, 0.25) is 5.02 Å². The summed E-state index contributed by atoms with van der Waals surface area (Å²) in [4.78, 5) is 0. The minimum atomic E-state index is -0.205. The standard InChI is InChI=1S/C15H15ClFN/c1-11-8-14(17)10-15(9-11)18-7-6-12-2-4-13(16)5-3-12/h2-5,8-10,18H,6-7H2,1H3. The van der Waals surface area contributed by atoms with Crippen LogP contribution in [0.4, 0.5) is 10.1 Å². The van der Waals surface area contributed by atoms with Gasteiger partial charge in [-0.3, -0.25) is 0 Å². The molecule has 1 N–H and O–H groups in total. The highest BCUT2D eigenvalue weighted by atomic mass is 35.5. The fourth-order valence-corrected chi connectivity index (χ4v) is 1.97. The van der Waals surface area contributed by atoms with Gasteiger partial charge in [-0.05, 0) is 54.8 Å². The van der Waals surface area contributed by atoms with Crippen LogP contribution in [0.25, 0.3) is 0 Å². The SMILES string of the molecule is Cc1cc(F)cc(NCCc2ccc(Cl)cc2)c1. The zero-order valence-corrected chi connectivity index (χ0v) is 11.0. The summed E-state index contributed by atoms with van der Waals surface area (Å²) in [5.74, 6) is -0.205. The first kappa shape index (κ1) is 12.9. The monoisotopic (exact) mass is 263 g/mol. The summed E-state index contributed by atoms with van der Waals surface area (Å²) in [6.45, 7) is 2.65. The Morgan fingerprint density at radius 3 is 2.50 bits per heavy atom. The normalized spacial score (nSPS) is 10.4. The van der Waals surface area contributed by atoms with E-state index in [2.05, 4.69) is 5.32 Å². The fraction of sp³-hybridized carbons (Fsp3) is 0.200. The van der Waals surface area contributed by atoms with Gasteiger partial charge in [-0.2, -0.15) is 0 Å². The Kier molecular flexibility index (Phi) is 4.21. The molecule has 2 aromatic carbocycles. The second kappa shape index (κ2) is 5.87. The molecule has 0 saturated carbocycles. The zero-order chi connectivity index (χ0) is 13.0. The van der Waals surface area contributed by atoms with Crippen molar-refractivity contribution in [1.29, 1.82) is 0 Å². The molecule has 2 aromatic rings. The van der Waals surface area contributed by atoms with Gasteiger partial charge in [0, 0.05) is 17.3 Å². The van der Waals surface area contributed by atoms with Crippen molar-refractivity contribution < 1.29 is 4.39 Å². The topological polar surface area (TPSA) is 12.0 Å². The molecule has 0 spiro atoms. The lowest BCUT2D eigenvalue weighted by molar-refractivity contribution is 0.627. The summed E-state index contributed by atoms with van der Waals surface area (Å²) >= 11 is 5.82. The number of hydrogen-bond donors (Lipinski definition) is 1. The van der Waals surface area contributed by atoms with E-state index < -0.39 is 0 Å². The first-order valence-corrected chi connectivity index (χ1v) is 6.27. The number of nitrogens with one attached hydrogen (secondary N) is 1. The van der Waals surface area contributed by atoms with Crippen molar-refractivity contribution >= 4 is 17.3 Å². The van der Waals surface area contributed by atoms with Crippen molar-refractivity contribution in [2.45, 2.75) is 13.3 Å². The van der Waals surface area contributed by atoms with Gasteiger partial charge in [0.05, 0.1) is 0 Å². The van der Waals surface area contributed by atoms with Crippen LogP contribution in [0.3, 0.4) is 0 Å². The maximum absolute atomic E-state index is 13.2. The van der Waals surface area contributed by atoms with E-state index in [1.54, 1.807) is 0 Å². The summed E-state index contributed by atoms with van der Waals surface area (Å²) in [5.41, 5.74) is 2.95. The summed E-state index contributed by atoms with van der Waals surface area (Å²) in [5, 5.41) is 3.96. The quantitative estimate of drug-likeness (QED) is 0.860. The first-order valence-electron chi connectivity index (χ1n) is 5.89. The Morgan fingerprint density at radius 1 is 1.11 bits per heavy atom. The van der Waals surface area contributed by atoms with Gasteiger partial charge in [0.25, 0.3) is 0 Å². The van der Waals surface area contributed by atoms with Crippen LogP contribution in [-0.4, -0.2) is 6.54 Å². The molecular formula is C15H15ClFN. The molecule has 1 nitrogen and oxygen atoms in total. The first-order chi connectivity index (χ1) is 8.63. The van der Waals surface area contributed by atoms with Crippen molar-refractivity contribution in [3.63, 3.8) is 0 Å². The molecule has 0 atom stereocenters. The highest BCUT2D eigenvalue weighted by Gasteiger charge is 1.98. The number of rotatable bonds is 4. The summed E-state index contributed by atoms with van der Waals surface area (Å²) in [7, 11) is 0. The van der Waals surface area contributed by atoms with E-state index >= 15 is 0 Å². The van der Waals surface area contributed by atoms with Gasteiger partial charge in [0.1, 0.15) is 5.82 Å². The third kappa shape index (κ3) is 3.74. The van der Waals surface area contributed by atoms with E-state index in [0.717, 1.165) is 29.2 Å². The van der Waals surface area contributed by atoms with Crippen molar-refractivity contribution in [3.05, 3.63) is 64.4 Å². The van der Waals surface area contributed by atoms with E-state index in [9.17, 15) is 4.39 Å². The molecule has 0 aliphatic rings. The lowest BCUT2D eigenvalue weighted by atomic mass is 10.1. The van der Waals surface area contributed by atoms with Gasteiger partial charge < -0.3 is 5.32 Å². The van der Waals surface area contributed by atoms with Crippen LogP contribution >= 0.6 is 11.6 Å². The van der Waals surface area contributed by atoms with E-state index in [4.69, 9.17) is 11.6 Å². The number of halogens is 2. The average Bonchev–Trinajstić information content (AvgIpc) is 2.30. The molecule has 0 aromatic heterocycles. The summed E-state index contributed by atoms with van der Waals surface area (Å²) in [6, 6.07) is 12.7.